The molecule has 1 aliphatic rings. The van der Waals surface area contributed by atoms with Gasteiger partial charge in [0.15, 0.2) is 0 Å². The molecule has 110 valence electrons. The van der Waals surface area contributed by atoms with Gasteiger partial charge in [-0.2, -0.15) is 0 Å². The summed E-state index contributed by atoms with van der Waals surface area (Å²) in [5.74, 6) is 0.415. The number of amides is 1. The second-order valence-corrected chi connectivity index (χ2v) is 7.48. The van der Waals surface area contributed by atoms with Crippen molar-refractivity contribution >= 4 is 25.6 Å². The van der Waals surface area contributed by atoms with Crippen molar-refractivity contribution in [3.8, 4) is 5.75 Å². The number of hydrogen-bond acceptors (Lipinski definition) is 4. The summed E-state index contributed by atoms with van der Waals surface area (Å²) in [5.41, 5.74) is 0.305. The number of likely N-dealkylation sites (tertiary alicyclic amines) is 1. The van der Waals surface area contributed by atoms with E-state index >= 15 is 0 Å². The summed E-state index contributed by atoms with van der Waals surface area (Å²) in [4.78, 5) is 13.9. The number of nitrogens with zero attached hydrogens (tertiary/aromatic N) is 1. The monoisotopic (exact) mass is 317 g/mol. The fourth-order valence-electron chi connectivity index (χ4n) is 2.30. The molecule has 1 saturated heterocycles. The highest BCUT2D eigenvalue weighted by molar-refractivity contribution is 8.13. The molecule has 1 aliphatic heterocycles. The Labute approximate surface area is 122 Å². The van der Waals surface area contributed by atoms with E-state index in [0.29, 0.717) is 24.6 Å². The molecule has 1 unspecified atom stereocenters. The largest absolute Gasteiger partial charge is 0.495 e. The molecule has 1 aromatic carbocycles. The first-order valence-corrected chi connectivity index (χ1v) is 8.56. The van der Waals surface area contributed by atoms with Gasteiger partial charge in [-0.1, -0.05) is 6.92 Å². The predicted octanol–water partition coefficient (Wildman–Crippen LogP) is 2.10. The van der Waals surface area contributed by atoms with Gasteiger partial charge in [-0.25, -0.2) is 8.42 Å². The van der Waals surface area contributed by atoms with Crippen LogP contribution in [0.3, 0.4) is 0 Å². The van der Waals surface area contributed by atoms with Gasteiger partial charge in [0.25, 0.3) is 15.0 Å². The summed E-state index contributed by atoms with van der Waals surface area (Å²) in [6.07, 6.45) is 0.961. The summed E-state index contributed by atoms with van der Waals surface area (Å²) >= 11 is 0. The SMILES string of the molecule is COc1ccc(C(=O)N2CCC(C)C2)cc1S(=O)(=O)Cl. The first-order chi connectivity index (χ1) is 9.32. The topological polar surface area (TPSA) is 63.7 Å². The molecule has 0 aliphatic carbocycles. The third-order valence-electron chi connectivity index (χ3n) is 3.38. The average Bonchev–Trinajstić information content (AvgIpc) is 2.83. The van der Waals surface area contributed by atoms with Crippen LogP contribution in [0.2, 0.25) is 0 Å². The van der Waals surface area contributed by atoms with Crippen molar-refractivity contribution in [2.75, 3.05) is 20.2 Å². The van der Waals surface area contributed by atoms with Crippen LogP contribution in [0, 0.1) is 5.92 Å². The molecule has 0 aromatic heterocycles. The lowest BCUT2D eigenvalue weighted by molar-refractivity contribution is 0.0788. The summed E-state index contributed by atoms with van der Waals surface area (Å²) in [7, 11) is 2.76. The normalized spacial score (nSPS) is 19.1. The number of carbonyl (C=O) groups is 1. The van der Waals surface area contributed by atoms with Crippen LogP contribution in [0.15, 0.2) is 23.1 Å². The fourth-order valence-corrected chi connectivity index (χ4v) is 3.32. The molecule has 0 bridgehead atoms. The number of hydrogen-bond donors (Lipinski definition) is 0. The number of halogens is 1. The zero-order chi connectivity index (χ0) is 14.9. The molecular weight excluding hydrogens is 302 g/mol. The number of carbonyl (C=O) groups excluding carboxylic acids is 1. The molecule has 1 aromatic rings. The molecule has 1 heterocycles. The second-order valence-electron chi connectivity index (χ2n) is 4.95. The van der Waals surface area contributed by atoms with Crippen LogP contribution in [-0.2, 0) is 9.05 Å². The van der Waals surface area contributed by atoms with Crippen molar-refractivity contribution < 1.29 is 17.9 Å². The van der Waals surface area contributed by atoms with Gasteiger partial charge in [0.2, 0.25) is 0 Å². The summed E-state index contributed by atoms with van der Waals surface area (Å²) in [5, 5.41) is 0. The van der Waals surface area contributed by atoms with E-state index in [0.717, 1.165) is 6.42 Å². The number of methoxy groups -OCH3 is 1. The standard InChI is InChI=1S/C13H16ClNO4S/c1-9-5-6-15(8-9)13(16)10-3-4-11(19-2)12(7-10)20(14,17)18/h3-4,7,9H,5-6,8H2,1-2H3. The number of rotatable bonds is 3. The lowest BCUT2D eigenvalue weighted by Gasteiger charge is -2.16. The van der Waals surface area contributed by atoms with Gasteiger partial charge in [-0.05, 0) is 30.5 Å². The third-order valence-corrected chi connectivity index (χ3v) is 4.73. The fraction of sp³-hybridized carbons (Fsp3) is 0.462. The van der Waals surface area contributed by atoms with Crippen LogP contribution in [-0.4, -0.2) is 39.4 Å². The quantitative estimate of drug-likeness (QED) is 0.801. The van der Waals surface area contributed by atoms with Gasteiger partial charge in [0.05, 0.1) is 7.11 Å². The maximum absolute atomic E-state index is 12.3. The van der Waals surface area contributed by atoms with Crippen molar-refractivity contribution in [3.63, 3.8) is 0 Å². The highest BCUT2D eigenvalue weighted by Gasteiger charge is 2.26. The molecule has 0 N–H and O–H groups in total. The molecule has 5 nitrogen and oxygen atoms in total. The van der Waals surface area contributed by atoms with E-state index in [1.165, 1.54) is 19.2 Å². The molecule has 1 fully saturated rings. The van der Waals surface area contributed by atoms with Gasteiger partial charge in [-0.15, -0.1) is 0 Å². The average molecular weight is 318 g/mol. The van der Waals surface area contributed by atoms with E-state index in [1.54, 1.807) is 11.0 Å². The zero-order valence-corrected chi connectivity index (χ0v) is 12.9. The van der Waals surface area contributed by atoms with Gasteiger partial charge < -0.3 is 9.64 Å². The van der Waals surface area contributed by atoms with Crippen molar-refractivity contribution in [2.45, 2.75) is 18.2 Å². The minimum Gasteiger partial charge on any atom is -0.495 e. The van der Waals surface area contributed by atoms with Crippen LogP contribution >= 0.6 is 10.7 Å². The van der Waals surface area contributed by atoms with Crippen molar-refractivity contribution in [1.82, 2.24) is 4.90 Å². The lowest BCUT2D eigenvalue weighted by Crippen LogP contribution is -2.28. The van der Waals surface area contributed by atoms with E-state index in [2.05, 4.69) is 6.92 Å². The summed E-state index contributed by atoms with van der Waals surface area (Å²) < 4.78 is 28.0. The first-order valence-electron chi connectivity index (χ1n) is 6.25. The summed E-state index contributed by atoms with van der Waals surface area (Å²) in [6.45, 7) is 3.46. The lowest BCUT2D eigenvalue weighted by atomic mass is 10.1. The predicted molar refractivity (Wildman–Crippen MR) is 75.7 cm³/mol. The molecule has 20 heavy (non-hydrogen) atoms. The Kier molecular flexibility index (Phi) is 4.25. The maximum Gasteiger partial charge on any atom is 0.265 e. The Balaban J connectivity index is 2.36. The number of ether oxygens (including phenoxy) is 1. The van der Waals surface area contributed by atoms with E-state index in [-0.39, 0.29) is 16.6 Å². The second kappa shape index (κ2) is 5.61. The Bertz CT molecular complexity index is 629. The van der Waals surface area contributed by atoms with E-state index in [1.807, 2.05) is 0 Å². The molecule has 2 rings (SSSR count). The molecular formula is C13H16ClNO4S. The Hall–Kier alpha value is -1.27. The molecule has 7 heteroatoms. The molecule has 1 atom stereocenters. The van der Waals surface area contributed by atoms with Crippen molar-refractivity contribution in [1.29, 1.82) is 0 Å². The van der Waals surface area contributed by atoms with Crippen LogP contribution in [0.4, 0.5) is 0 Å². The smallest absolute Gasteiger partial charge is 0.265 e. The third kappa shape index (κ3) is 3.07. The van der Waals surface area contributed by atoms with E-state index in [4.69, 9.17) is 15.4 Å². The van der Waals surface area contributed by atoms with Crippen molar-refractivity contribution in [3.05, 3.63) is 23.8 Å². The first kappa shape index (κ1) is 15.1. The Morgan fingerprint density at radius 3 is 2.65 bits per heavy atom. The van der Waals surface area contributed by atoms with Crippen LogP contribution in [0.5, 0.6) is 5.75 Å². The van der Waals surface area contributed by atoms with Gasteiger partial charge in [0, 0.05) is 29.3 Å². The maximum atomic E-state index is 12.3. The highest BCUT2D eigenvalue weighted by atomic mass is 35.7. The molecule has 0 radical (unpaired) electrons. The van der Waals surface area contributed by atoms with Crippen molar-refractivity contribution in [2.24, 2.45) is 5.92 Å². The van der Waals surface area contributed by atoms with Crippen LogP contribution in [0.25, 0.3) is 0 Å². The van der Waals surface area contributed by atoms with Crippen LogP contribution < -0.4 is 4.74 Å². The van der Waals surface area contributed by atoms with Gasteiger partial charge in [-0.3, -0.25) is 4.79 Å². The van der Waals surface area contributed by atoms with Crippen LogP contribution in [0.1, 0.15) is 23.7 Å². The van der Waals surface area contributed by atoms with E-state index in [9.17, 15) is 13.2 Å². The van der Waals surface area contributed by atoms with E-state index < -0.39 is 9.05 Å². The minimum atomic E-state index is -3.96. The zero-order valence-electron chi connectivity index (χ0n) is 11.3. The Morgan fingerprint density at radius 1 is 1.45 bits per heavy atom. The highest BCUT2D eigenvalue weighted by Crippen LogP contribution is 2.29. The summed E-state index contributed by atoms with van der Waals surface area (Å²) in [6, 6.07) is 4.27. The number of benzene rings is 1. The Morgan fingerprint density at radius 2 is 2.15 bits per heavy atom. The molecule has 0 saturated carbocycles. The minimum absolute atomic E-state index is 0.131. The van der Waals surface area contributed by atoms with Gasteiger partial charge >= 0.3 is 0 Å². The molecule has 1 amide bonds. The van der Waals surface area contributed by atoms with Gasteiger partial charge in [0.1, 0.15) is 10.6 Å². The molecule has 0 spiro atoms.